The molecule has 0 bridgehead atoms. The van der Waals surface area contributed by atoms with E-state index in [4.69, 9.17) is 4.74 Å². The third kappa shape index (κ3) is 4.91. The zero-order chi connectivity index (χ0) is 14.9. The van der Waals surface area contributed by atoms with Crippen molar-refractivity contribution in [3.8, 4) is 11.6 Å². The molecule has 1 N–H and O–H groups in total. The molecule has 0 fully saturated rings. The van der Waals surface area contributed by atoms with Crippen molar-refractivity contribution in [3.63, 3.8) is 0 Å². The molecule has 5 nitrogen and oxygen atoms in total. The van der Waals surface area contributed by atoms with Crippen molar-refractivity contribution in [1.29, 1.82) is 0 Å². The minimum absolute atomic E-state index is 0.204. The first-order chi connectivity index (χ1) is 10.3. The fraction of sp³-hybridized carbons (Fsp3) is 0.0625. The van der Waals surface area contributed by atoms with E-state index in [2.05, 4.69) is 15.3 Å². The predicted octanol–water partition coefficient (Wildman–Crippen LogP) is 3.34. The van der Waals surface area contributed by atoms with E-state index in [1.54, 1.807) is 48.8 Å². The minimum Gasteiger partial charge on any atom is -0.437 e. The van der Waals surface area contributed by atoms with Crippen LogP contribution in [0, 0.1) is 0 Å². The van der Waals surface area contributed by atoms with E-state index in [0.29, 0.717) is 17.3 Å². The lowest BCUT2D eigenvalue weighted by molar-refractivity contribution is -0.111. The second-order valence-corrected chi connectivity index (χ2v) is 4.05. The maximum atomic E-state index is 11.7. The van der Waals surface area contributed by atoms with Crippen molar-refractivity contribution in [2.24, 2.45) is 0 Å². The molecule has 5 heteroatoms. The molecule has 0 aliphatic carbocycles. The molecule has 0 radical (unpaired) electrons. The summed E-state index contributed by atoms with van der Waals surface area (Å²) in [5.74, 6) is 0.768. The third-order valence-corrected chi connectivity index (χ3v) is 2.41. The van der Waals surface area contributed by atoms with Crippen molar-refractivity contribution < 1.29 is 9.53 Å². The molecule has 0 aliphatic heterocycles. The van der Waals surface area contributed by atoms with Crippen LogP contribution in [0.1, 0.15) is 6.92 Å². The van der Waals surface area contributed by atoms with Gasteiger partial charge in [0.15, 0.2) is 0 Å². The summed E-state index contributed by atoms with van der Waals surface area (Å²) in [5.41, 5.74) is 0.645. The van der Waals surface area contributed by atoms with E-state index in [1.165, 1.54) is 12.3 Å². The molecule has 2 aromatic rings. The Hall–Kier alpha value is -2.95. The van der Waals surface area contributed by atoms with Crippen LogP contribution < -0.4 is 10.1 Å². The van der Waals surface area contributed by atoms with Gasteiger partial charge in [0.05, 0.1) is 6.20 Å². The Morgan fingerprint density at radius 1 is 1.29 bits per heavy atom. The quantitative estimate of drug-likeness (QED) is 0.674. The van der Waals surface area contributed by atoms with Crippen molar-refractivity contribution in [3.05, 3.63) is 67.2 Å². The summed E-state index contributed by atoms with van der Waals surface area (Å²) < 4.78 is 5.55. The lowest BCUT2D eigenvalue weighted by Gasteiger charge is -2.06. The fourth-order valence-corrected chi connectivity index (χ4v) is 1.53. The van der Waals surface area contributed by atoms with Crippen LogP contribution in [0.15, 0.2) is 67.2 Å². The summed E-state index contributed by atoms with van der Waals surface area (Å²) in [6.45, 7) is 1.88. The van der Waals surface area contributed by atoms with Gasteiger partial charge in [0.25, 0.3) is 0 Å². The molecule has 0 atom stereocenters. The second kappa shape index (κ2) is 7.59. The summed E-state index contributed by atoms with van der Waals surface area (Å²) in [6.07, 6.45) is 11.4. The second-order valence-electron chi connectivity index (χ2n) is 4.05. The number of rotatable bonds is 5. The first-order valence-electron chi connectivity index (χ1n) is 6.42. The summed E-state index contributed by atoms with van der Waals surface area (Å²) in [7, 11) is 0. The van der Waals surface area contributed by atoms with Gasteiger partial charge in [0, 0.05) is 30.2 Å². The number of hydrogen-bond donors (Lipinski definition) is 1. The Balaban J connectivity index is 2.02. The number of nitrogens with one attached hydrogen (secondary N) is 1. The predicted molar refractivity (Wildman–Crippen MR) is 81.1 cm³/mol. The normalized spacial score (nSPS) is 10.9. The van der Waals surface area contributed by atoms with Crippen LogP contribution in [-0.2, 0) is 4.79 Å². The van der Waals surface area contributed by atoms with Gasteiger partial charge in [0.2, 0.25) is 11.8 Å². The van der Waals surface area contributed by atoms with Gasteiger partial charge >= 0.3 is 0 Å². The lowest BCUT2D eigenvalue weighted by Crippen LogP contribution is -2.07. The number of allylic oxidation sites excluding steroid dienone is 3. The number of aromatic nitrogens is 2. The van der Waals surface area contributed by atoms with E-state index in [-0.39, 0.29) is 5.91 Å². The highest BCUT2D eigenvalue weighted by atomic mass is 16.5. The van der Waals surface area contributed by atoms with Gasteiger partial charge in [-0.2, -0.15) is 0 Å². The van der Waals surface area contributed by atoms with Crippen LogP contribution in [0.5, 0.6) is 11.6 Å². The van der Waals surface area contributed by atoms with Crippen LogP contribution in [0.25, 0.3) is 0 Å². The van der Waals surface area contributed by atoms with Gasteiger partial charge in [-0.3, -0.25) is 9.78 Å². The molecule has 0 saturated carbocycles. The minimum atomic E-state index is -0.204. The van der Waals surface area contributed by atoms with Crippen LogP contribution in [0.4, 0.5) is 5.69 Å². The zero-order valence-corrected chi connectivity index (χ0v) is 11.6. The Kier molecular flexibility index (Phi) is 5.23. The molecule has 1 aromatic carbocycles. The number of nitrogens with zero attached hydrogens (tertiary/aromatic N) is 2. The van der Waals surface area contributed by atoms with Crippen LogP contribution in [0.2, 0.25) is 0 Å². The van der Waals surface area contributed by atoms with Gasteiger partial charge < -0.3 is 10.1 Å². The maximum Gasteiger partial charge on any atom is 0.248 e. The summed E-state index contributed by atoms with van der Waals surface area (Å²) >= 11 is 0. The summed E-state index contributed by atoms with van der Waals surface area (Å²) in [5, 5.41) is 2.75. The van der Waals surface area contributed by atoms with E-state index in [9.17, 15) is 4.79 Å². The molecule has 0 unspecified atom stereocenters. The van der Waals surface area contributed by atoms with Crippen molar-refractivity contribution in [1.82, 2.24) is 9.97 Å². The molecule has 21 heavy (non-hydrogen) atoms. The van der Waals surface area contributed by atoms with E-state index >= 15 is 0 Å². The highest BCUT2D eigenvalue weighted by molar-refractivity contribution is 5.99. The Morgan fingerprint density at radius 3 is 2.95 bits per heavy atom. The lowest BCUT2D eigenvalue weighted by atomic mass is 10.3. The Labute approximate surface area is 123 Å². The molecular formula is C16H15N3O2. The smallest absolute Gasteiger partial charge is 0.248 e. The van der Waals surface area contributed by atoms with Crippen LogP contribution in [-0.4, -0.2) is 15.9 Å². The van der Waals surface area contributed by atoms with Crippen LogP contribution in [0.3, 0.4) is 0 Å². The zero-order valence-electron chi connectivity index (χ0n) is 11.6. The highest BCUT2D eigenvalue weighted by Crippen LogP contribution is 2.21. The van der Waals surface area contributed by atoms with E-state index in [0.717, 1.165) is 0 Å². The van der Waals surface area contributed by atoms with Gasteiger partial charge in [0.1, 0.15) is 5.75 Å². The number of amides is 1. The molecule has 1 heterocycles. The standard InChI is InChI=1S/C16H15N3O2/c1-2-3-4-8-15(20)19-13-6-5-7-14(11-13)21-16-12-17-9-10-18-16/h2-12H,1H3,(H,19,20)/b3-2+,8-4+. The molecule has 1 amide bonds. The topological polar surface area (TPSA) is 64.1 Å². The molecule has 1 aromatic heterocycles. The monoisotopic (exact) mass is 281 g/mol. The van der Waals surface area contributed by atoms with Gasteiger partial charge in [-0.05, 0) is 19.1 Å². The molecule has 106 valence electrons. The van der Waals surface area contributed by atoms with Gasteiger partial charge in [-0.15, -0.1) is 0 Å². The Bertz CT molecular complexity index is 652. The third-order valence-electron chi connectivity index (χ3n) is 2.41. The number of ether oxygens (including phenoxy) is 1. The number of carbonyl (C=O) groups excluding carboxylic acids is 1. The number of benzene rings is 1. The molecular weight excluding hydrogens is 266 g/mol. The molecule has 2 rings (SSSR count). The first-order valence-corrected chi connectivity index (χ1v) is 6.42. The average molecular weight is 281 g/mol. The molecule has 0 spiro atoms. The van der Waals surface area contributed by atoms with Crippen molar-refractivity contribution in [2.75, 3.05) is 5.32 Å². The Morgan fingerprint density at radius 2 is 2.19 bits per heavy atom. The number of anilines is 1. The van der Waals surface area contributed by atoms with E-state index in [1.807, 2.05) is 13.0 Å². The summed E-state index contributed by atoms with van der Waals surface area (Å²) in [4.78, 5) is 19.6. The fourth-order valence-electron chi connectivity index (χ4n) is 1.53. The van der Waals surface area contributed by atoms with Gasteiger partial charge in [-0.25, -0.2) is 4.98 Å². The largest absolute Gasteiger partial charge is 0.437 e. The van der Waals surface area contributed by atoms with E-state index < -0.39 is 0 Å². The molecule has 0 aliphatic rings. The highest BCUT2D eigenvalue weighted by Gasteiger charge is 2.02. The SMILES string of the molecule is C/C=C/C=C/C(=O)Nc1cccc(Oc2cnccn2)c1. The number of carbonyl (C=O) groups is 1. The van der Waals surface area contributed by atoms with Crippen molar-refractivity contribution in [2.45, 2.75) is 6.92 Å². The first kappa shape index (κ1) is 14.5. The molecule has 0 saturated heterocycles. The average Bonchev–Trinajstić information content (AvgIpc) is 2.49. The number of hydrogen-bond acceptors (Lipinski definition) is 4. The summed E-state index contributed by atoms with van der Waals surface area (Å²) in [6, 6.07) is 7.07. The van der Waals surface area contributed by atoms with Crippen LogP contribution >= 0.6 is 0 Å². The maximum absolute atomic E-state index is 11.7. The van der Waals surface area contributed by atoms with Gasteiger partial charge in [-0.1, -0.05) is 24.3 Å². The van der Waals surface area contributed by atoms with Crippen molar-refractivity contribution >= 4 is 11.6 Å².